The zero-order chi connectivity index (χ0) is 19.2. The molecule has 1 aromatic carbocycles. The first-order valence-corrected chi connectivity index (χ1v) is 9.33. The monoisotopic (exact) mass is 385 g/mol. The Morgan fingerprint density at radius 3 is 2.63 bits per heavy atom. The minimum absolute atomic E-state index is 0.122. The molecule has 0 unspecified atom stereocenters. The zero-order valence-electron chi connectivity index (χ0n) is 15.0. The molecule has 1 N–H and O–H groups in total. The molecule has 1 amide bonds. The van der Waals surface area contributed by atoms with E-state index in [9.17, 15) is 9.59 Å². The van der Waals surface area contributed by atoms with Crippen molar-refractivity contribution < 1.29 is 14.3 Å². The Labute approximate surface area is 160 Å². The van der Waals surface area contributed by atoms with Gasteiger partial charge >= 0.3 is 5.97 Å². The minimum atomic E-state index is -0.468. The number of nitrogens with zero attached hydrogens (tertiary/aromatic N) is 4. The fourth-order valence-electron chi connectivity index (χ4n) is 2.45. The van der Waals surface area contributed by atoms with Gasteiger partial charge in [0.15, 0.2) is 5.82 Å². The number of rotatable bonds is 7. The maximum absolute atomic E-state index is 12.4. The molecular formula is C18H19N5O3S. The Morgan fingerprint density at radius 1 is 1.15 bits per heavy atom. The third-order valence-electron chi connectivity index (χ3n) is 3.62. The number of esters is 1. The van der Waals surface area contributed by atoms with Crippen molar-refractivity contribution in [3.05, 3.63) is 60.2 Å². The Morgan fingerprint density at radius 2 is 1.89 bits per heavy atom. The Kier molecular flexibility index (Phi) is 5.92. The molecule has 2 aromatic heterocycles. The van der Waals surface area contributed by atoms with E-state index >= 15 is 0 Å². The van der Waals surface area contributed by atoms with Crippen LogP contribution in [0.5, 0.6) is 0 Å². The van der Waals surface area contributed by atoms with E-state index in [2.05, 4.69) is 15.5 Å². The van der Waals surface area contributed by atoms with Crippen LogP contribution in [0.1, 0.15) is 23.1 Å². The molecule has 0 fully saturated rings. The third kappa shape index (κ3) is 4.37. The van der Waals surface area contributed by atoms with Crippen LogP contribution in [0.25, 0.3) is 0 Å². The Balaban J connectivity index is 1.68. The van der Waals surface area contributed by atoms with E-state index in [1.54, 1.807) is 31.2 Å². The summed E-state index contributed by atoms with van der Waals surface area (Å²) in [4.78, 5) is 24.4. The van der Waals surface area contributed by atoms with Crippen molar-refractivity contribution in [2.24, 2.45) is 0 Å². The van der Waals surface area contributed by atoms with Crippen molar-refractivity contribution in [2.75, 3.05) is 17.7 Å². The molecule has 27 heavy (non-hydrogen) atoms. The topological polar surface area (TPSA) is 91.0 Å². The van der Waals surface area contributed by atoms with Gasteiger partial charge in [0.05, 0.1) is 23.6 Å². The molecule has 0 radical (unpaired) electrons. The molecule has 0 bridgehead atoms. The molecule has 140 valence electrons. The van der Waals surface area contributed by atoms with Gasteiger partial charge < -0.3 is 10.1 Å². The van der Waals surface area contributed by atoms with Gasteiger partial charge in [-0.05, 0) is 38.1 Å². The highest BCUT2D eigenvalue weighted by atomic mass is 32.2. The van der Waals surface area contributed by atoms with Gasteiger partial charge in [0.1, 0.15) is 0 Å². The van der Waals surface area contributed by atoms with Crippen molar-refractivity contribution in [1.29, 1.82) is 0 Å². The fourth-order valence-corrected chi connectivity index (χ4v) is 3.23. The van der Waals surface area contributed by atoms with Gasteiger partial charge in [-0.15, -0.1) is 10.2 Å². The van der Waals surface area contributed by atoms with E-state index in [1.807, 2.05) is 40.8 Å². The first-order valence-electron chi connectivity index (χ1n) is 8.34. The van der Waals surface area contributed by atoms with Crippen molar-refractivity contribution in [3.8, 4) is 0 Å². The number of hydrogen-bond acceptors (Lipinski definition) is 6. The lowest BCUT2D eigenvalue weighted by atomic mass is 10.2. The second-order valence-corrected chi connectivity index (χ2v) is 6.45. The van der Waals surface area contributed by atoms with Gasteiger partial charge in [-0.25, -0.2) is 9.47 Å². The second kappa shape index (κ2) is 8.54. The number of carbonyl (C=O) groups excluding carboxylic acids is 2. The summed E-state index contributed by atoms with van der Waals surface area (Å²) >= 11 is 1.26. The lowest BCUT2D eigenvalue weighted by Gasteiger charge is -2.11. The number of benzene rings is 1. The van der Waals surface area contributed by atoms with E-state index in [0.29, 0.717) is 22.2 Å². The van der Waals surface area contributed by atoms with Gasteiger partial charge in [0, 0.05) is 12.4 Å². The van der Waals surface area contributed by atoms with E-state index in [-0.39, 0.29) is 18.3 Å². The van der Waals surface area contributed by atoms with Crippen LogP contribution in [-0.4, -0.2) is 43.8 Å². The molecule has 0 aliphatic carbocycles. The molecule has 2 heterocycles. The molecule has 0 saturated heterocycles. The fraction of sp³-hybridized carbons (Fsp3) is 0.222. The summed E-state index contributed by atoms with van der Waals surface area (Å²) in [6.07, 6.45) is 3.74. The third-order valence-corrected chi connectivity index (χ3v) is 4.54. The van der Waals surface area contributed by atoms with Crippen LogP contribution >= 0.6 is 11.8 Å². The van der Waals surface area contributed by atoms with E-state index in [4.69, 9.17) is 4.74 Å². The smallest absolute Gasteiger partial charge is 0.340 e. The van der Waals surface area contributed by atoms with Gasteiger partial charge in [-0.2, -0.15) is 0 Å². The average molecular weight is 385 g/mol. The number of para-hydroxylation sites is 1. The predicted octanol–water partition coefficient (Wildman–Crippen LogP) is 2.61. The number of carbonyl (C=O) groups is 2. The zero-order valence-corrected chi connectivity index (χ0v) is 15.8. The van der Waals surface area contributed by atoms with Crippen molar-refractivity contribution in [3.63, 3.8) is 0 Å². The molecular weight excluding hydrogens is 366 g/mol. The van der Waals surface area contributed by atoms with E-state index in [0.717, 1.165) is 0 Å². The standard InChI is InChI=1S/C18H19N5O3S/c1-3-26-17(25)14-8-4-5-9-15(14)19-16(24)12-27-18-21-20-13(2)23(18)22-10-6-7-11-22/h4-11H,3,12H2,1-2H3,(H,19,24). The quantitative estimate of drug-likeness (QED) is 0.497. The maximum atomic E-state index is 12.4. The predicted molar refractivity (Wildman–Crippen MR) is 102 cm³/mol. The number of anilines is 1. The molecule has 0 saturated carbocycles. The normalized spacial score (nSPS) is 10.6. The van der Waals surface area contributed by atoms with Gasteiger partial charge in [-0.3, -0.25) is 9.47 Å². The van der Waals surface area contributed by atoms with Crippen LogP contribution in [0.3, 0.4) is 0 Å². The summed E-state index contributed by atoms with van der Waals surface area (Å²) in [5, 5.41) is 11.5. The number of amides is 1. The SMILES string of the molecule is CCOC(=O)c1ccccc1NC(=O)CSc1nnc(C)n1-n1cccc1. The highest BCUT2D eigenvalue weighted by Crippen LogP contribution is 2.20. The van der Waals surface area contributed by atoms with Crippen LogP contribution in [0.4, 0.5) is 5.69 Å². The number of hydrogen-bond donors (Lipinski definition) is 1. The first-order chi connectivity index (χ1) is 13.1. The Bertz CT molecular complexity index is 936. The molecule has 8 nitrogen and oxygen atoms in total. The van der Waals surface area contributed by atoms with Crippen LogP contribution in [0, 0.1) is 6.92 Å². The molecule has 0 atom stereocenters. The number of aromatic nitrogens is 4. The van der Waals surface area contributed by atoms with Crippen molar-refractivity contribution in [2.45, 2.75) is 19.0 Å². The van der Waals surface area contributed by atoms with Crippen LogP contribution in [0.2, 0.25) is 0 Å². The summed E-state index contributed by atoms with van der Waals surface area (Å²) in [7, 11) is 0. The summed E-state index contributed by atoms with van der Waals surface area (Å²) in [5.74, 6) is 0.110. The van der Waals surface area contributed by atoms with Crippen molar-refractivity contribution in [1.82, 2.24) is 19.5 Å². The lowest BCUT2D eigenvalue weighted by Crippen LogP contribution is -2.18. The summed E-state index contributed by atoms with van der Waals surface area (Å²) < 4.78 is 8.67. The molecule has 9 heteroatoms. The minimum Gasteiger partial charge on any atom is -0.462 e. The highest BCUT2D eigenvalue weighted by Gasteiger charge is 2.16. The number of aryl methyl sites for hydroxylation is 1. The molecule has 0 aliphatic heterocycles. The maximum Gasteiger partial charge on any atom is 0.340 e. The van der Waals surface area contributed by atoms with Gasteiger partial charge in [0.25, 0.3) is 0 Å². The van der Waals surface area contributed by atoms with Crippen LogP contribution in [0.15, 0.2) is 53.9 Å². The molecule has 0 spiro atoms. The number of thioether (sulfide) groups is 1. The first kappa shape index (κ1) is 18.7. The lowest BCUT2D eigenvalue weighted by molar-refractivity contribution is -0.113. The van der Waals surface area contributed by atoms with E-state index < -0.39 is 5.97 Å². The molecule has 3 rings (SSSR count). The van der Waals surface area contributed by atoms with Crippen LogP contribution in [-0.2, 0) is 9.53 Å². The number of nitrogens with one attached hydrogen (secondary N) is 1. The summed E-state index contributed by atoms with van der Waals surface area (Å²) in [5.41, 5.74) is 0.744. The number of ether oxygens (including phenoxy) is 1. The average Bonchev–Trinajstić information content (AvgIpc) is 3.30. The Hall–Kier alpha value is -3.07. The largest absolute Gasteiger partial charge is 0.462 e. The summed E-state index contributed by atoms with van der Waals surface area (Å²) in [6, 6.07) is 10.5. The van der Waals surface area contributed by atoms with Gasteiger partial charge in [0.2, 0.25) is 11.1 Å². The van der Waals surface area contributed by atoms with Crippen LogP contribution < -0.4 is 5.32 Å². The molecule has 3 aromatic rings. The molecule has 0 aliphatic rings. The van der Waals surface area contributed by atoms with Gasteiger partial charge in [-0.1, -0.05) is 23.9 Å². The highest BCUT2D eigenvalue weighted by molar-refractivity contribution is 7.99. The van der Waals surface area contributed by atoms with E-state index in [1.165, 1.54) is 11.8 Å². The summed E-state index contributed by atoms with van der Waals surface area (Å²) in [6.45, 7) is 3.84. The van der Waals surface area contributed by atoms with Crippen molar-refractivity contribution >= 4 is 29.3 Å². The second-order valence-electron chi connectivity index (χ2n) is 5.51.